The first-order chi connectivity index (χ1) is 10.5. The number of benzene rings is 2. The maximum Gasteiger partial charge on any atom is 0.213 e. The molecule has 118 valence electrons. The van der Waals surface area contributed by atoms with Gasteiger partial charge in [-0.1, -0.05) is 42.5 Å². The molecule has 22 heavy (non-hydrogen) atoms. The molecular formula is C17H21NO3S. The van der Waals surface area contributed by atoms with Gasteiger partial charge in [0.15, 0.2) is 0 Å². The molecule has 1 aliphatic heterocycles. The second-order valence-electron chi connectivity index (χ2n) is 5.83. The predicted molar refractivity (Wildman–Crippen MR) is 88.3 cm³/mol. The van der Waals surface area contributed by atoms with E-state index in [9.17, 15) is 13.5 Å². The third kappa shape index (κ3) is 2.89. The summed E-state index contributed by atoms with van der Waals surface area (Å²) in [5.74, 6) is 0.0771. The number of sulfonamides is 1. The van der Waals surface area contributed by atoms with Crippen molar-refractivity contribution in [3.8, 4) is 0 Å². The van der Waals surface area contributed by atoms with E-state index in [4.69, 9.17) is 0 Å². The van der Waals surface area contributed by atoms with Gasteiger partial charge in [-0.15, -0.1) is 0 Å². The van der Waals surface area contributed by atoms with Crippen molar-refractivity contribution in [1.82, 2.24) is 4.31 Å². The van der Waals surface area contributed by atoms with Crippen molar-refractivity contribution in [3.63, 3.8) is 0 Å². The molecular weight excluding hydrogens is 298 g/mol. The Morgan fingerprint density at radius 2 is 1.91 bits per heavy atom. The Hall–Kier alpha value is -1.43. The van der Waals surface area contributed by atoms with Gasteiger partial charge in [-0.25, -0.2) is 8.42 Å². The Kier molecular flexibility index (Phi) is 4.21. The molecule has 2 atom stereocenters. The number of β-amino-alcohol motifs (C(OH)–C–C–N with tert-alkyl or cyclic N) is 1. The molecule has 1 heterocycles. The number of piperidine rings is 1. The van der Waals surface area contributed by atoms with Gasteiger partial charge in [-0.3, -0.25) is 0 Å². The molecule has 0 unspecified atom stereocenters. The predicted octanol–water partition coefficient (Wildman–Crippen LogP) is 2.34. The van der Waals surface area contributed by atoms with Crippen LogP contribution in [0.15, 0.2) is 42.5 Å². The summed E-state index contributed by atoms with van der Waals surface area (Å²) in [7, 11) is -3.22. The lowest BCUT2D eigenvalue weighted by atomic mass is 9.87. The van der Waals surface area contributed by atoms with Crippen LogP contribution >= 0.6 is 0 Å². The van der Waals surface area contributed by atoms with Crippen molar-refractivity contribution in [1.29, 1.82) is 0 Å². The molecule has 1 fully saturated rings. The van der Waals surface area contributed by atoms with Gasteiger partial charge in [0.05, 0.1) is 11.9 Å². The van der Waals surface area contributed by atoms with Gasteiger partial charge >= 0.3 is 0 Å². The van der Waals surface area contributed by atoms with Crippen LogP contribution in [-0.2, 0) is 10.0 Å². The highest BCUT2D eigenvalue weighted by atomic mass is 32.2. The van der Waals surface area contributed by atoms with Gasteiger partial charge in [-0.2, -0.15) is 4.31 Å². The minimum absolute atomic E-state index is 0.00656. The maximum absolute atomic E-state index is 11.9. The van der Waals surface area contributed by atoms with Crippen LogP contribution in [0, 0.1) is 0 Å². The van der Waals surface area contributed by atoms with Crippen LogP contribution < -0.4 is 0 Å². The molecule has 0 amide bonds. The minimum Gasteiger partial charge on any atom is -0.391 e. The molecule has 1 saturated heterocycles. The third-order valence-electron chi connectivity index (χ3n) is 4.50. The summed E-state index contributed by atoms with van der Waals surface area (Å²) in [5.41, 5.74) is 1.08. The van der Waals surface area contributed by atoms with Crippen LogP contribution in [0.25, 0.3) is 10.8 Å². The maximum atomic E-state index is 11.9. The number of hydrogen-bond acceptors (Lipinski definition) is 3. The lowest BCUT2D eigenvalue weighted by Gasteiger charge is -2.35. The molecule has 3 rings (SSSR count). The van der Waals surface area contributed by atoms with Crippen LogP contribution in [0.2, 0.25) is 0 Å². The monoisotopic (exact) mass is 319 g/mol. The van der Waals surface area contributed by atoms with E-state index in [0.717, 1.165) is 10.9 Å². The van der Waals surface area contributed by atoms with Crippen LogP contribution in [0.3, 0.4) is 0 Å². The number of aliphatic hydroxyl groups excluding tert-OH is 1. The van der Waals surface area contributed by atoms with Gasteiger partial charge in [-0.05, 0) is 29.7 Å². The van der Waals surface area contributed by atoms with Crippen LogP contribution in [-0.4, -0.2) is 42.8 Å². The Morgan fingerprint density at radius 1 is 1.18 bits per heavy atom. The average molecular weight is 319 g/mol. The van der Waals surface area contributed by atoms with E-state index in [1.54, 1.807) is 6.92 Å². The molecule has 4 nitrogen and oxygen atoms in total. The molecule has 1 aliphatic rings. The van der Waals surface area contributed by atoms with Gasteiger partial charge in [0.25, 0.3) is 0 Å². The van der Waals surface area contributed by atoms with E-state index in [1.807, 2.05) is 18.2 Å². The molecule has 0 aromatic heterocycles. The van der Waals surface area contributed by atoms with Crippen molar-refractivity contribution >= 4 is 20.8 Å². The molecule has 0 spiro atoms. The summed E-state index contributed by atoms with van der Waals surface area (Å²) in [6.07, 6.45) is -0.00474. The third-order valence-corrected chi connectivity index (χ3v) is 6.35. The van der Waals surface area contributed by atoms with Crippen molar-refractivity contribution in [2.75, 3.05) is 18.8 Å². The fraction of sp³-hybridized carbons (Fsp3) is 0.412. The van der Waals surface area contributed by atoms with Crippen LogP contribution in [0.1, 0.15) is 24.8 Å². The van der Waals surface area contributed by atoms with Gasteiger partial charge in [0, 0.05) is 19.0 Å². The van der Waals surface area contributed by atoms with Crippen molar-refractivity contribution in [2.45, 2.75) is 25.4 Å². The standard InChI is InChI=1S/C17H21NO3S/c1-2-22(20,21)18-10-9-16(17(19)12-18)15-8-7-13-5-3-4-6-14(13)11-15/h3-8,11,16-17,19H,2,9-10,12H2,1H3/t16-,17+/m0/s1. The number of nitrogens with zero attached hydrogens (tertiary/aromatic N) is 1. The normalized spacial score (nSPS) is 23.7. The Balaban J connectivity index is 1.83. The van der Waals surface area contributed by atoms with Crippen molar-refractivity contribution in [3.05, 3.63) is 48.0 Å². The lowest BCUT2D eigenvalue weighted by molar-refractivity contribution is 0.0855. The van der Waals surface area contributed by atoms with Gasteiger partial charge in [0.2, 0.25) is 10.0 Å². The number of rotatable bonds is 3. The van der Waals surface area contributed by atoms with Crippen LogP contribution in [0.5, 0.6) is 0 Å². The van der Waals surface area contributed by atoms with Gasteiger partial charge in [0.1, 0.15) is 0 Å². The Bertz CT molecular complexity index is 772. The van der Waals surface area contributed by atoms with E-state index in [1.165, 1.54) is 9.69 Å². The summed E-state index contributed by atoms with van der Waals surface area (Å²) < 4.78 is 25.3. The second-order valence-corrected chi connectivity index (χ2v) is 8.09. The molecule has 0 radical (unpaired) electrons. The lowest BCUT2D eigenvalue weighted by Crippen LogP contribution is -2.46. The summed E-state index contributed by atoms with van der Waals surface area (Å²) in [5, 5.41) is 12.7. The number of hydrogen-bond donors (Lipinski definition) is 1. The molecule has 0 aliphatic carbocycles. The topological polar surface area (TPSA) is 57.6 Å². The van der Waals surface area contributed by atoms with E-state index < -0.39 is 16.1 Å². The summed E-state index contributed by atoms with van der Waals surface area (Å²) in [6.45, 7) is 2.30. The largest absolute Gasteiger partial charge is 0.391 e. The summed E-state index contributed by atoms with van der Waals surface area (Å²) in [4.78, 5) is 0. The van der Waals surface area contributed by atoms with Crippen molar-refractivity contribution < 1.29 is 13.5 Å². The molecule has 0 saturated carbocycles. The van der Waals surface area contributed by atoms with E-state index >= 15 is 0 Å². The Morgan fingerprint density at radius 3 is 2.59 bits per heavy atom. The van der Waals surface area contributed by atoms with E-state index in [0.29, 0.717) is 13.0 Å². The molecule has 0 bridgehead atoms. The summed E-state index contributed by atoms with van der Waals surface area (Å²) >= 11 is 0. The first kappa shape index (κ1) is 15.5. The molecule has 1 N–H and O–H groups in total. The van der Waals surface area contributed by atoms with Gasteiger partial charge < -0.3 is 5.11 Å². The zero-order chi connectivity index (χ0) is 15.7. The first-order valence-electron chi connectivity index (χ1n) is 7.66. The summed E-state index contributed by atoms with van der Waals surface area (Å²) in [6, 6.07) is 14.3. The highest BCUT2D eigenvalue weighted by molar-refractivity contribution is 7.89. The van der Waals surface area contributed by atoms with Crippen LogP contribution in [0.4, 0.5) is 0 Å². The zero-order valence-corrected chi connectivity index (χ0v) is 13.5. The molecule has 5 heteroatoms. The fourth-order valence-electron chi connectivity index (χ4n) is 3.17. The minimum atomic E-state index is -3.22. The first-order valence-corrected chi connectivity index (χ1v) is 9.27. The average Bonchev–Trinajstić information content (AvgIpc) is 2.54. The Labute approximate surface area is 131 Å². The van der Waals surface area contributed by atoms with Crippen molar-refractivity contribution in [2.24, 2.45) is 0 Å². The van der Waals surface area contributed by atoms with E-state index in [2.05, 4.69) is 24.3 Å². The zero-order valence-electron chi connectivity index (χ0n) is 12.6. The second kappa shape index (κ2) is 5.99. The highest BCUT2D eigenvalue weighted by Gasteiger charge is 2.33. The fourth-order valence-corrected chi connectivity index (χ4v) is 4.29. The smallest absolute Gasteiger partial charge is 0.213 e. The number of fused-ring (bicyclic) bond motifs is 1. The quantitative estimate of drug-likeness (QED) is 0.945. The molecule has 2 aromatic carbocycles. The highest BCUT2D eigenvalue weighted by Crippen LogP contribution is 2.31. The van der Waals surface area contributed by atoms with E-state index in [-0.39, 0.29) is 18.2 Å². The number of aliphatic hydroxyl groups is 1. The molecule has 2 aromatic rings. The SMILES string of the molecule is CCS(=O)(=O)N1CC[C@@H](c2ccc3ccccc3c2)[C@H](O)C1.